The number of aliphatic hydroxyl groups excluding tert-OH is 1. The molecule has 5 atom stereocenters. The SMILES string of the molecule is C[C@]12CCC3c4ccc(C#N)c(F)c4CCC3C1CC[C@@H]2O.Cc1cc[n+](O)cc1F. The lowest BCUT2D eigenvalue weighted by atomic mass is 9.55. The van der Waals surface area contributed by atoms with E-state index in [0.29, 0.717) is 28.0 Å². The minimum Gasteiger partial charge on any atom is -0.393 e. The van der Waals surface area contributed by atoms with Gasteiger partial charge in [-0.25, -0.2) is 4.39 Å². The predicted octanol–water partition coefficient (Wildman–Crippen LogP) is 4.57. The van der Waals surface area contributed by atoms with Crippen molar-refractivity contribution in [1.82, 2.24) is 0 Å². The topological polar surface area (TPSA) is 68.1 Å². The monoisotopic (exact) mass is 427 g/mol. The van der Waals surface area contributed by atoms with Crippen LogP contribution in [-0.2, 0) is 6.42 Å². The highest BCUT2D eigenvalue weighted by molar-refractivity contribution is 5.43. The smallest absolute Gasteiger partial charge is 0.258 e. The molecule has 0 amide bonds. The summed E-state index contributed by atoms with van der Waals surface area (Å²) in [6, 6.07) is 7.09. The van der Waals surface area contributed by atoms with E-state index >= 15 is 0 Å². The van der Waals surface area contributed by atoms with Gasteiger partial charge in [-0.15, -0.1) is 0 Å². The first-order valence-electron chi connectivity index (χ1n) is 11.0. The Bertz CT molecular complexity index is 1030. The van der Waals surface area contributed by atoms with Gasteiger partial charge in [-0.2, -0.15) is 9.65 Å². The second kappa shape index (κ2) is 8.20. The lowest BCUT2D eigenvalue weighted by molar-refractivity contribution is -0.905. The summed E-state index contributed by atoms with van der Waals surface area (Å²) in [6.07, 6.45) is 8.03. The van der Waals surface area contributed by atoms with Crippen LogP contribution in [0.5, 0.6) is 0 Å². The largest absolute Gasteiger partial charge is 0.393 e. The van der Waals surface area contributed by atoms with Crippen molar-refractivity contribution in [3.63, 3.8) is 0 Å². The van der Waals surface area contributed by atoms with Gasteiger partial charge < -0.3 is 5.11 Å². The molecule has 2 fully saturated rings. The molecule has 0 spiro atoms. The normalized spacial score (nSPS) is 30.8. The van der Waals surface area contributed by atoms with Crippen LogP contribution >= 0.6 is 0 Å². The van der Waals surface area contributed by atoms with E-state index < -0.39 is 5.82 Å². The third kappa shape index (κ3) is 3.70. The third-order valence-electron chi connectivity index (χ3n) is 8.01. The number of hydrogen-bond donors (Lipinski definition) is 2. The third-order valence-corrected chi connectivity index (χ3v) is 8.01. The summed E-state index contributed by atoms with van der Waals surface area (Å²) in [5.74, 6) is 0.844. The van der Waals surface area contributed by atoms with Crippen molar-refractivity contribution < 1.29 is 23.8 Å². The van der Waals surface area contributed by atoms with E-state index in [1.807, 2.05) is 12.1 Å². The molecule has 5 rings (SSSR count). The maximum atomic E-state index is 14.5. The number of rotatable bonds is 0. The molecule has 0 radical (unpaired) electrons. The molecule has 3 aliphatic rings. The molecule has 0 aliphatic heterocycles. The number of aromatic nitrogens is 1. The number of aryl methyl sites for hydroxylation is 1. The first-order valence-corrected chi connectivity index (χ1v) is 11.0. The number of fused-ring (bicyclic) bond motifs is 5. The quantitative estimate of drug-likeness (QED) is 0.478. The van der Waals surface area contributed by atoms with E-state index in [9.17, 15) is 13.9 Å². The Morgan fingerprint density at radius 3 is 2.61 bits per heavy atom. The van der Waals surface area contributed by atoms with Gasteiger partial charge in [-0.05, 0) is 91.4 Å². The Morgan fingerprint density at radius 2 is 1.94 bits per heavy atom. The van der Waals surface area contributed by atoms with Crippen molar-refractivity contribution in [2.75, 3.05) is 0 Å². The maximum absolute atomic E-state index is 14.5. The molecule has 2 aromatic rings. The molecule has 3 unspecified atom stereocenters. The fourth-order valence-corrected chi connectivity index (χ4v) is 6.21. The number of halogens is 2. The molecule has 2 saturated carbocycles. The van der Waals surface area contributed by atoms with E-state index in [2.05, 4.69) is 6.92 Å². The van der Waals surface area contributed by atoms with E-state index in [4.69, 9.17) is 10.5 Å². The van der Waals surface area contributed by atoms with Crippen LogP contribution < -0.4 is 4.73 Å². The molecular weight excluding hydrogens is 398 g/mol. The van der Waals surface area contributed by atoms with Crippen LogP contribution in [0.1, 0.15) is 67.2 Å². The first-order chi connectivity index (χ1) is 14.8. The molecule has 0 bridgehead atoms. The van der Waals surface area contributed by atoms with Crippen LogP contribution in [0.3, 0.4) is 0 Å². The second-order valence-electron chi connectivity index (χ2n) is 9.52. The Balaban J connectivity index is 0.000000217. The lowest BCUT2D eigenvalue weighted by Gasteiger charge is -2.50. The van der Waals surface area contributed by atoms with E-state index in [1.165, 1.54) is 12.3 Å². The van der Waals surface area contributed by atoms with E-state index in [-0.39, 0.29) is 22.9 Å². The van der Waals surface area contributed by atoms with Gasteiger partial charge in [0.1, 0.15) is 11.9 Å². The Morgan fingerprint density at radius 1 is 1.16 bits per heavy atom. The standard InChI is InChI=1S/C19H22FNO.C6H7FNO/c1-19-9-8-13-12-3-2-11(10-21)18(20)15(12)5-4-14(13)16(19)6-7-17(19)22;1-5-2-3-8(9)4-6(5)7/h2-3,13-14,16-17,22H,4-9H2,1H3;2-4,9H,1H3/q;+1/t13?,14?,16?,17-,19-;/m0./s1. The molecule has 0 saturated heterocycles. The van der Waals surface area contributed by atoms with Crippen molar-refractivity contribution in [2.24, 2.45) is 17.3 Å². The Kier molecular flexibility index (Phi) is 5.74. The Labute approximate surface area is 181 Å². The van der Waals surface area contributed by atoms with Gasteiger partial charge >= 0.3 is 0 Å². The van der Waals surface area contributed by atoms with Crippen molar-refractivity contribution >= 4 is 0 Å². The van der Waals surface area contributed by atoms with Crippen molar-refractivity contribution in [3.8, 4) is 6.07 Å². The average molecular weight is 428 g/mol. The molecule has 4 nitrogen and oxygen atoms in total. The highest BCUT2D eigenvalue weighted by atomic mass is 19.1. The van der Waals surface area contributed by atoms with Gasteiger partial charge in [0.15, 0.2) is 5.82 Å². The molecule has 6 heteroatoms. The van der Waals surface area contributed by atoms with Gasteiger partial charge in [0, 0.05) is 10.8 Å². The van der Waals surface area contributed by atoms with Crippen LogP contribution in [0.25, 0.3) is 0 Å². The van der Waals surface area contributed by atoms with Crippen molar-refractivity contribution in [2.45, 2.75) is 64.4 Å². The van der Waals surface area contributed by atoms with Gasteiger partial charge in [0.2, 0.25) is 6.20 Å². The summed E-state index contributed by atoms with van der Waals surface area (Å²) >= 11 is 0. The van der Waals surface area contributed by atoms with Crippen LogP contribution in [0.4, 0.5) is 8.78 Å². The number of benzene rings is 1. The molecule has 1 aromatic heterocycles. The van der Waals surface area contributed by atoms with Gasteiger partial charge in [0.25, 0.3) is 6.20 Å². The van der Waals surface area contributed by atoms with Crippen LogP contribution in [0, 0.1) is 47.1 Å². The summed E-state index contributed by atoms with van der Waals surface area (Å²) < 4.78 is 27.5. The minimum atomic E-state index is -0.403. The summed E-state index contributed by atoms with van der Waals surface area (Å²) in [5, 5.41) is 28.0. The highest BCUT2D eigenvalue weighted by Gasteiger charge is 2.54. The zero-order chi connectivity index (χ0) is 22.3. The second-order valence-corrected chi connectivity index (χ2v) is 9.52. The number of nitrogens with zero attached hydrogens (tertiary/aromatic N) is 2. The summed E-state index contributed by atoms with van der Waals surface area (Å²) in [6.45, 7) is 3.88. The number of aliphatic hydroxyl groups is 1. The molecule has 164 valence electrons. The first kappa shape index (κ1) is 21.7. The molecule has 1 aromatic carbocycles. The summed E-state index contributed by atoms with van der Waals surface area (Å²) in [5.41, 5.74) is 2.68. The molecular formula is C25H29F2N2O2+. The molecule has 2 N–H and O–H groups in total. The van der Waals surface area contributed by atoms with Crippen LogP contribution in [-0.4, -0.2) is 16.4 Å². The average Bonchev–Trinajstić information content (AvgIpc) is 3.06. The molecule has 3 aliphatic carbocycles. The predicted molar refractivity (Wildman–Crippen MR) is 110 cm³/mol. The zero-order valence-corrected chi connectivity index (χ0v) is 18.0. The number of hydrogen-bond acceptors (Lipinski definition) is 3. The van der Waals surface area contributed by atoms with Crippen LogP contribution in [0.2, 0.25) is 0 Å². The molecule has 1 heterocycles. The summed E-state index contributed by atoms with van der Waals surface area (Å²) in [7, 11) is 0. The van der Waals surface area contributed by atoms with Crippen molar-refractivity contribution in [1.29, 1.82) is 5.26 Å². The Hall–Kier alpha value is -2.52. The summed E-state index contributed by atoms with van der Waals surface area (Å²) in [4.78, 5) is 0. The van der Waals surface area contributed by atoms with Gasteiger partial charge in [0.05, 0.1) is 11.7 Å². The number of nitriles is 1. The van der Waals surface area contributed by atoms with E-state index in [1.54, 1.807) is 13.0 Å². The highest BCUT2D eigenvalue weighted by Crippen LogP contribution is 2.60. The number of pyridine rings is 1. The van der Waals surface area contributed by atoms with Gasteiger partial charge in [-0.1, -0.05) is 13.0 Å². The fraction of sp³-hybridized carbons (Fsp3) is 0.520. The van der Waals surface area contributed by atoms with Crippen molar-refractivity contribution in [3.05, 3.63) is 64.5 Å². The lowest BCUT2D eigenvalue weighted by Crippen LogP contribution is -2.44. The van der Waals surface area contributed by atoms with Crippen LogP contribution in [0.15, 0.2) is 30.6 Å². The zero-order valence-electron chi connectivity index (χ0n) is 18.0. The van der Waals surface area contributed by atoms with Gasteiger partial charge in [-0.3, -0.25) is 5.21 Å². The van der Waals surface area contributed by atoms with E-state index in [0.717, 1.165) is 55.8 Å². The maximum Gasteiger partial charge on any atom is 0.258 e. The molecule has 31 heavy (non-hydrogen) atoms. The minimum absolute atomic E-state index is 0.0593. The fourth-order valence-electron chi connectivity index (χ4n) is 6.21.